The molecule has 0 atom stereocenters. The molecule has 0 saturated heterocycles. The van der Waals surface area contributed by atoms with Gasteiger partial charge in [0, 0.05) is 16.2 Å². The van der Waals surface area contributed by atoms with Gasteiger partial charge in [0.05, 0.1) is 4.90 Å². The van der Waals surface area contributed by atoms with Crippen molar-refractivity contribution in [2.24, 2.45) is 0 Å². The van der Waals surface area contributed by atoms with E-state index in [2.05, 4.69) is 0 Å². The molecule has 0 spiro atoms. The number of amides is 1. The first-order valence-electron chi connectivity index (χ1n) is 5.32. The largest absolute Gasteiger partial charge is 0.405 e. The van der Waals surface area contributed by atoms with Crippen molar-refractivity contribution < 1.29 is 26.4 Å². The number of halogens is 4. The van der Waals surface area contributed by atoms with Crippen molar-refractivity contribution in [3.05, 3.63) is 28.8 Å². The first kappa shape index (κ1) is 16.8. The van der Waals surface area contributed by atoms with Gasteiger partial charge in [-0.3, -0.25) is 4.79 Å². The second-order valence-corrected chi connectivity index (χ2v) is 6.70. The van der Waals surface area contributed by atoms with Crippen molar-refractivity contribution in [2.45, 2.75) is 24.9 Å². The summed E-state index contributed by atoms with van der Waals surface area (Å²) >= 11 is 0. The van der Waals surface area contributed by atoms with Crippen molar-refractivity contribution in [3.8, 4) is 0 Å². The van der Waals surface area contributed by atoms with Gasteiger partial charge in [-0.1, -0.05) is 6.07 Å². The lowest BCUT2D eigenvalue weighted by atomic mass is 10.1. The second-order valence-electron chi connectivity index (χ2n) is 4.17. The molecule has 0 aliphatic carbocycles. The molecule has 0 saturated carbocycles. The van der Waals surface area contributed by atoms with Gasteiger partial charge in [-0.2, -0.15) is 13.2 Å². The molecule has 4 nitrogen and oxygen atoms in total. The monoisotopic (exact) mass is 329 g/mol. The molecule has 0 heterocycles. The highest BCUT2D eigenvalue weighted by Crippen LogP contribution is 2.24. The number of benzene rings is 1. The molecule has 1 amide bonds. The highest BCUT2D eigenvalue weighted by Gasteiger charge is 2.28. The van der Waals surface area contributed by atoms with E-state index >= 15 is 0 Å². The third-order valence-electron chi connectivity index (χ3n) is 2.48. The van der Waals surface area contributed by atoms with Gasteiger partial charge < -0.3 is 5.32 Å². The topological polar surface area (TPSA) is 63.2 Å². The quantitative estimate of drug-likeness (QED) is 0.867. The summed E-state index contributed by atoms with van der Waals surface area (Å²) in [4.78, 5) is 11.3. The van der Waals surface area contributed by atoms with Crippen LogP contribution in [0.25, 0.3) is 0 Å². The lowest BCUT2D eigenvalue weighted by molar-refractivity contribution is -0.123. The maximum atomic E-state index is 12.0. The zero-order valence-electron chi connectivity index (χ0n) is 10.5. The summed E-state index contributed by atoms with van der Waals surface area (Å²) in [5.41, 5.74) is 0.496. The van der Waals surface area contributed by atoms with Crippen molar-refractivity contribution in [1.82, 2.24) is 5.32 Å². The molecule has 0 radical (unpaired) electrons. The molecule has 0 unspecified atom stereocenters. The van der Waals surface area contributed by atoms with Gasteiger partial charge in [0.25, 0.3) is 15.0 Å². The molecule has 9 heteroatoms. The van der Waals surface area contributed by atoms with Gasteiger partial charge in [0.1, 0.15) is 6.54 Å². The van der Waals surface area contributed by atoms with Crippen LogP contribution in [0.15, 0.2) is 17.0 Å². The van der Waals surface area contributed by atoms with E-state index in [-0.39, 0.29) is 10.5 Å². The van der Waals surface area contributed by atoms with Gasteiger partial charge >= 0.3 is 6.18 Å². The first-order chi connectivity index (χ1) is 8.92. The summed E-state index contributed by atoms with van der Waals surface area (Å²) in [6.45, 7) is 1.46. The predicted octanol–water partition coefficient (Wildman–Crippen LogP) is 2.52. The SMILES string of the molecule is Cc1cc(C)c(S(=O)(=O)Cl)cc1C(=O)NCC(F)(F)F. The molecule has 1 aromatic rings. The zero-order valence-corrected chi connectivity index (χ0v) is 12.1. The van der Waals surface area contributed by atoms with E-state index in [9.17, 15) is 26.4 Å². The van der Waals surface area contributed by atoms with Crippen LogP contribution in [0.3, 0.4) is 0 Å². The molecule has 0 bridgehead atoms. The van der Waals surface area contributed by atoms with Crippen LogP contribution in [0, 0.1) is 13.8 Å². The fourth-order valence-corrected chi connectivity index (χ4v) is 2.82. The standard InChI is InChI=1S/C11H11ClF3NO3S/c1-6-3-7(2)9(20(12,18)19)4-8(6)10(17)16-5-11(13,14)15/h3-4H,5H2,1-2H3,(H,16,17). The zero-order chi connectivity index (χ0) is 15.7. The van der Waals surface area contributed by atoms with Gasteiger partial charge in [-0.15, -0.1) is 0 Å². The Morgan fingerprint density at radius 1 is 1.25 bits per heavy atom. The van der Waals surface area contributed by atoms with Crippen LogP contribution < -0.4 is 5.32 Å². The molecular weight excluding hydrogens is 319 g/mol. The average molecular weight is 330 g/mol. The number of hydrogen-bond donors (Lipinski definition) is 1. The van der Waals surface area contributed by atoms with Crippen molar-refractivity contribution in [1.29, 1.82) is 0 Å². The molecule has 0 aliphatic heterocycles. The second kappa shape index (κ2) is 5.61. The smallest absolute Gasteiger partial charge is 0.343 e. The fourth-order valence-electron chi connectivity index (χ4n) is 1.62. The Hall–Kier alpha value is -1.28. The summed E-state index contributed by atoms with van der Waals surface area (Å²) in [5.74, 6) is -1.01. The highest BCUT2D eigenvalue weighted by atomic mass is 35.7. The molecule has 1 N–H and O–H groups in total. The minimum Gasteiger partial charge on any atom is -0.343 e. The van der Waals surface area contributed by atoms with Crippen LogP contribution in [0.2, 0.25) is 0 Å². The fraction of sp³-hybridized carbons (Fsp3) is 0.364. The van der Waals surface area contributed by atoms with E-state index < -0.39 is 27.7 Å². The van der Waals surface area contributed by atoms with Crippen LogP contribution in [0.4, 0.5) is 13.2 Å². The summed E-state index contributed by atoms with van der Waals surface area (Å²) in [7, 11) is 1.12. The number of rotatable bonds is 3. The maximum absolute atomic E-state index is 12.0. The summed E-state index contributed by atoms with van der Waals surface area (Å²) < 4.78 is 58.7. The number of carbonyl (C=O) groups excluding carboxylic acids is 1. The molecule has 20 heavy (non-hydrogen) atoms. The van der Waals surface area contributed by atoms with Crippen molar-refractivity contribution >= 4 is 25.6 Å². The lowest BCUT2D eigenvalue weighted by Crippen LogP contribution is -2.34. The molecule has 112 valence electrons. The third-order valence-corrected chi connectivity index (χ3v) is 3.94. The maximum Gasteiger partial charge on any atom is 0.405 e. The highest BCUT2D eigenvalue weighted by molar-refractivity contribution is 8.13. The van der Waals surface area contributed by atoms with Crippen LogP contribution in [-0.4, -0.2) is 27.0 Å². The minimum atomic E-state index is -4.55. The first-order valence-corrected chi connectivity index (χ1v) is 7.63. The van der Waals surface area contributed by atoms with Crippen LogP contribution in [0.1, 0.15) is 21.5 Å². The number of hydrogen-bond acceptors (Lipinski definition) is 3. The van der Waals surface area contributed by atoms with E-state index in [4.69, 9.17) is 10.7 Å². The van der Waals surface area contributed by atoms with E-state index in [0.717, 1.165) is 6.07 Å². The Labute approximate surface area is 118 Å². The lowest BCUT2D eigenvalue weighted by Gasteiger charge is -2.12. The van der Waals surface area contributed by atoms with E-state index in [1.807, 2.05) is 0 Å². The summed E-state index contributed by atoms with van der Waals surface area (Å²) in [6.07, 6.45) is -4.55. The predicted molar refractivity (Wildman–Crippen MR) is 67.3 cm³/mol. The number of nitrogens with one attached hydrogen (secondary N) is 1. The van der Waals surface area contributed by atoms with Crippen LogP contribution in [-0.2, 0) is 9.05 Å². The van der Waals surface area contributed by atoms with Crippen LogP contribution >= 0.6 is 10.7 Å². The van der Waals surface area contributed by atoms with Gasteiger partial charge in [0.2, 0.25) is 0 Å². The Morgan fingerprint density at radius 3 is 2.25 bits per heavy atom. The Bertz CT molecular complexity index is 641. The molecule has 0 aliphatic rings. The van der Waals surface area contributed by atoms with Crippen molar-refractivity contribution in [3.63, 3.8) is 0 Å². The summed E-state index contributed by atoms with van der Waals surface area (Å²) in [5, 5.41) is 1.68. The third kappa shape index (κ3) is 4.38. The molecule has 0 aromatic heterocycles. The average Bonchev–Trinajstić information content (AvgIpc) is 2.23. The Morgan fingerprint density at radius 2 is 1.80 bits per heavy atom. The molecule has 0 fully saturated rings. The Balaban J connectivity index is 3.16. The van der Waals surface area contributed by atoms with E-state index in [1.165, 1.54) is 19.9 Å². The van der Waals surface area contributed by atoms with Gasteiger partial charge in [-0.05, 0) is 31.0 Å². The number of alkyl halides is 3. The Kier molecular flexibility index (Phi) is 4.70. The minimum absolute atomic E-state index is 0.168. The van der Waals surface area contributed by atoms with Crippen LogP contribution in [0.5, 0.6) is 0 Å². The summed E-state index contributed by atoms with van der Waals surface area (Å²) in [6, 6.07) is 2.34. The molecule has 1 aromatic carbocycles. The van der Waals surface area contributed by atoms with E-state index in [1.54, 1.807) is 5.32 Å². The molecular formula is C11H11ClF3NO3S. The number of carbonyl (C=O) groups is 1. The van der Waals surface area contributed by atoms with Crippen molar-refractivity contribution in [2.75, 3.05) is 6.54 Å². The van der Waals surface area contributed by atoms with E-state index in [0.29, 0.717) is 11.1 Å². The molecule has 1 rings (SSSR count). The van der Waals surface area contributed by atoms with Gasteiger partial charge in [-0.25, -0.2) is 8.42 Å². The normalized spacial score (nSPS) is 12.3. The number of aryl methyl sites for hydroxylation is 2. The van der Waals surface area contributed by atoms with Gasteiger partial charge in [0.15, 0.2) is 0 Å².